The molecule has 2 aromatic heterocycles. The lowest BCUT2D eigenvalue weighted by molar-refractivity contribution is 0.00701. The molecule has 0 aliphatic rings. The summed E-state index contributed by atoms with van der Waals surface area (Å²) >= 11 is 3.69. The van der Waals surface area contributed by atoms with Crippen molar-refractivity contribution in [3.8, 4) is 11.3 Å². The SMILES string of the molecule is CCc1nc(C)c(C=O)n1Cc1ccc2oc(-c3ccccc3C(=O)OC(C)(C)C)c(Br)c2c1. The Morgan fingerprint density at radius 3 is 2.62 bits per heavy atom. The van der Waals surface area contributed by atoms with Crippen LogP contribution in [-0.2, 0) is 17.7 Å². The van der Waals surface area contributed by atoms with Gasteiger partial charge in [-0.2, -0.15) is 0 Å². The monoisotopic (exact) mass is 522 g/mol. The van der Waals surface area contributed by atoms with Crippen molar-refractivity contribution in [3.63, 3.8) is 0 Å². The van der Waals surface area contributed by atoms with Gasteiger partial charge in [0.05, 0.1) is 15.7 Å². The molecular weight excluding hydrogens is 496 g/mol. The molecule has 0 radical (unpaired) electrons. The first-order chi connectivity index (χ1) is 16.1. The van der Waals surface area contributed by atoms with E-state index in [1.54, 1.807) is 12.1 Å². The molecule has 0 spiro atoms. The number of halogens is 1. The number of ether oxygens (including phenoxy) is 1. The molecular formula is C27H27BrN2O4. The van der Waals surface area contributed by atoms with Gasteiger partial charge in [-0.25, -0.2) is 9.78 Å². The Labute approximate surface area is 207 Å². The number of fused-ring (bicyclic) bond motifs is 1. The Hall–Kier alpha value is -3.19. The van der Waals surface area contributed by atoms with E-state index >= 15 is 0 Å². The minimum Gasteiger partial charge on any atom is -0.456 e. The summed E-state index contributed by atoms with van der Waals surface area (Å²) in [6, 6.07) is 13.2. The van der Waals surface area contributed by atoms with Gasteiger partial charge in [-0.3, -0.25) is 4.79 Å². The van der Waals surface area contributed by atoms with Crippen LogP contribution in [0, 0.1) is 6.92 Å². The fraction of sp³-hybridized carbons (Fsp3) is 0.296. The molecule has 0 N–H and O–H groups in total. The van der Waals surface area contributed by atoms with Gasteiger partial charge in [0.15, 0.2) is 6.29 Å². The maximum absolute atomic E-state index is 12.8. The highest BCUT2D eigenvalue weighted by molar-refractivity contribution is 9.10. The first-order valence-electron chi connectivity index (χ1n) is 11.2. The van der Waals surface area contributed by atoms with Crippen LogP contribution in [0.15, 0.2) is 51.4 Å². The maximum atomic E-state index is 12.8. The van der Waals surface area contributed by atoms with Crippen molar-refractivity contribution in [2.24, 2.45) is 0 Å². The number of aryl methyl sites for hydroxylation is 2. The van der Waals surface area contributed by atoms with Gasteiger partial charge in [0.1, 0.15) is 28.5 Å². The van der Waals surface area contributed by atoms with Gasteiger partial charge in [-0.05, 0) is 67.4 Å². The first-order valence-corrected chi connectivity index (χ1v) is 12.0. The maximum Gasteiger partial charge on any atom is 0.339 e. The van der Waals surface area contributed by atoms with E-state index in [1.165, 1.54) is 0 Å². The minimum absolute atomic E-state index is 0.403. The quantitative estimate of drug-likeness (QED) is 0.207. The molecule has 0 fully saturated rings. The van der Waals surface area contributed by atoms with E-state index in [-0.39, 0.29) is 0 Å². The molecule has 0 aliphatic carbocycles. The number of aldehydes is 1. The number of esters is 1. The van der Waals surface area contributed by atoms with Gasteiger partial charge in [-0.1, -0.05) is 31.2 Å². The summed E-state index contributed by atoms with van der Waals surface area (Å²) < 4.78 is 14.5. The molecule has 7 heteroatoms. The predicted molar refractivity (Wildman–Crippen MR) is 135 cm³/mol. The average molecular weight is 523 g/mol. The average Bonchev–Trinajstić information content (AvgIpc) is 3.28. The molecule has 0 unspecified atom stereocenters. The Bertz CT molecular complexity index is 1390. The van der Waals surface area contributed by atoms with Gasteiger partial charge in [0, 0.05) is 23.9 Å². The Morgan fingerprint density at radius 2 is 1.94 bits per heavy atom. The number of benzene rings is 2. The second-order valence-electron chi connectivity index (χ2n) is 9.18. The zero-order valence-corrected chi connectivity index (χ0v) is 21.5. The van der Waals surface area contributed by atoms with Crippen LogP contribution in [0.5, 0.6) is 0 Å². The van der Waals surface area contributed by atoms with E-state index in [0.29, 0.717) is 34.7 Å². The number of nitrogens with zero attached hydrogens (tertiary/aromatic N) is 2. The molecule has 2 aromatic carbocycles. The Morgan fingerprint density at radius 1 is 1.21 bits per heavy atom. The fourth-order valence-electron chi connectivity index (χ4n) is 4.00. The van der Waals surface area contributed by atoms with E-state index < -0.39 is 11.6 Å². The molecule has 6 nitrogen and oxygen atoms in total. The van der Waals surface area contributed by atoms with E-state index in [9.17, 15) is 9.59 Å². The van der Waals surface area contributed by atoms with Crippen molar-refractivity contribution < 1.29 is 18.7 Å². The van der Waals surface area contributed by atoms with E-state index in [1.807, 2.05) is 69.5 Å². The number of imidazole rings is 1. The number of carbonyl (C=O) groups is 2. The lowest BCUT2D eigenvalue weighted by Gasteiger charge is -2.20. The Kier molecular flexibility index (Phi) is 6.49. The topological polar surface area (TPSA) is 74.3 Å². The van der Waals surface area contributed by atoms with Gasteiger partial charge < -0.3 is 13.7 Å². The first kappa shape index (κ1) is 24.0. The predicted octanol–water partition coefficient (Wildman–Crippen LogP) is 6.75. The molecule has 176 valence electrons. The third kappa shape index (κ3) is 4.57. The number of aromatic nitrogens is 2. The highest BCUT2D eigenvalue weighted by atomic mass is 79.9. The van der Waals surface area contributed by atoms with Crippen molar-refractivity contribution in [3.05, 3.63) is 75.3 Å². The number of hydrogen-bond acceptors (Lipinski definition) is 5. The van der Waals surface area contributed by atoms with Crippen LogP contribution in [0.3, 0.4) is 0 Å². The largest absolute Gasteiger partial charge is 0.456 e. The number of rotatable bonds is 6. The van der Waals surface area contributed by atoms with Crippen molar-refractivity contribution in [1.82, 2.24) is 9.55 Å². The van der Waals surface area contributed by atoms with Crippen LogP contribution in [0.1, 0.15) is 65.6 Å². The molecule has 34 heavy (non-hydrogen) atoms. The smallest absolute Gasteiger partial charge is 0.339 e. The highest BCUT2D eigenvalue weighted by Gasteiger charge is 2.24. The van der Waals surface area contributed by atoms with Crippen LogP contribution >= 0.6 is 15.9 Å². The van der Waals surface area contributed by atoms with E-state index in [2.05, 4.69) is 20.9 Å². The van der Waals surface area contributed by atoms with Crippen molar-refractivity contribution in [1.29, 1.82) is 0 Å². The summed E-state index contributed by atoms with van der Waals surface area (Å²) in [5, 5.41) is 0.883. The molecule has 0 bridgehead atoms. The number of hydrogen-bond donors (Lipinski definition) is 0. The summed E-state index contributed by atoms with van der Waals surface area (Å²) in [5.41, 5.74) is 3.52. The third-order valence-corrected chi connectivity index (χ3v) is 6.31. The molecule has 2 heterocycles. The summed E-state index contributed by atoms with van der Waals surface area (Å²) in [7, 11) is 0. The second kappa shape index (κ2) is 9.22. The van der Waals surface area contributed by atoms with Crippen LogP contribution < -0.4 is 0 Å². The van der Waals surface area contributed by atoms with Gasteiger partial charge in [0.25, 0.3) is 0 Å². The van der Waals surface area contributed by atoms with Gasteiger partial charge in [-0.15, -0.1) is 0 Å². The van der Waals surface area contributed by atoms with E-state index in [0.717, 1.165) is 39.6 Å². The van der Waals surface area contributed by atoms with Crippen LogP contribution in [0.25, 0.3) is 22.3 Å². The molecule has 0 atom stereocenters. The summed E-state index contributed by atoms with van der Waals surface area (Å²) in [5.74, 6) is 1.04. The number of furan rings is 1. The van der Waals surface area contributed by atoms with Gasteiger partial charge >= 0.3 is 5.97 Å². The summed E-state index contributed by atoms with van der Waals surface area (Å²) in [6.07, 6.45) is 1.59. The molecule has 0 saturated carbocycles. The van der Waals surface area contributed by atoms with Crippen LogP contribution in [0.4, 0.5) is 0 Å². The molecule has 0 amide bonds. The standard InChI is InChI=1S/C27H27BrN2O4/c1-6-23-29-16(2)21(15-31)30(23)14-17-11-12-22-20(13-17)24(28)25(33-22)18-9-7-8-10-19(18)26(32)34-27(3,4)5/h7-13,15H,6,14H2,1-5H3. The van der Waals surface area contributed by atoms with E-state index in [4.69, 9.17) is 9.15 Å². The lowest BCUT2D eigenvalue weighted by atomic mass is 10.0. The molecule has 4 aromatic rings. The van der Waals surface area contributed by atoms with Crippen molar-refractivity contribution in [2.45, 2.75) is 53.2 Å². The highest BCUT2D eigenvalue weighted by Crippen LogP contribution is 2.40. The Balaban J connectivity index is 1.76. The normalized spacial score (nSPS) is 11.7. The van der Waals surface area contributed by atoms with Crippen LogP contribution in [-0.4, -0.2) is 27.4 Å². The summed E-state index contributed by atoms with van der Waals surface area (Å²) in [6.45, 7) is 9.92. The molecule has 4 rings (SSSR count). The third-order valence-electron chi connectivity index (χ3n) is 5.52. The second-order valence-corrected chi connectivity index (χ2v) is 9.97. The molecule has 0 aliphatic heterocycles. The summed E-state index contributed by atoms with van der Waals surface area (Å²) in [4.78, 5) is 29.0. The number of carbonyl (C=O) groups excluding carboxylic acids is 2. The fourth-order valence-corrected chi connectivity index (χ4v) is 4.61. The van der Waals surface area contributed by atoms with Gasteiger partial charge in [0.2, 0.25) is 0 Å². The zero-order valence-electron chi connectivity index (χ0n) is 19.9. The van der Waals surface area contributed by atoms with Crippen LogP contribution in [0.2, 0.25) is 0 Å². The zero-order chi connectivity index (χ0) is 24.6. The van der Waals surface area contributed by atoms with Crippen molar-refractivity contribution >= 4 is 39.2 Å². The lowest BCUT2D eigenvalue weighted by Crippen LogP contribution is -2.24. The van der Waals surface area contributed by atoms with Crippen molar-refractivity contribution in [2.75, 3.05) is 0 Å². The molecule has 0 saturated heterocycles. The minimum atomic E-state index is -0.604.